The lowest BCUT2D eigenvalue weighted by molar-refractivity contribution is -0.140. The number of piperazine rings is 1. The fourth-order valence-electron chi connectivity index (χ4n) is 3.55. The van der Waals surface area contributed by atoms with Gasteiger partial charge < -0.3 is 15.1 Å². The SMILES string of the molecule is CCCC1(C(=O)N2CCN(CCN(C)C)CC2)CCCN1. The molecule has 2 fully saturated rings. The number of rotatable bonds is 6. The van der Waals surface area contributed by atoms with Gasteiger partial charge in [-0.2, -0.15) is 0 Å². The Bertz CT molecular complexity index is 331. The van der Waals surface area contributed by atoms with Crippen molar-refractivity contribution >= 4 is 5.91 Å². The van der Waals surface area contributed by atoms with Crippen molar-refractivity contribution in [2.45, 2.75) is 38.1 Å². The minimum Gasteiger partial charge on any atom is -0.339 e. The van der Waals surface area contributed by atoms with Gasteiger partial charge in [-0.25, -0.2) is 0 Å². The normalized spacial score (nSPS) is 27.5. The largest absolute Gasteiger partial charge is 0.339 e. The molecule has 2 saturated heterocycles. The van der Waals surface area contributed by atoms with Crippen LogP contribution in [0.1, 0.15) is 32.6 Å². The Hall–Kier alpha value is -0.650. The summed E-state index contributed by atoms with van der Waals surface area (Å²) in [7, 11) is 4.22. The molecular formula is C16H32N4O. The highest BCUT2D eigenvalue weighted by atomic mass is 16.2. The lowest BCUT2D eigenvalue weighted by Gasteiger charge is -2.40. The van der Waals surface area contributed by atoms with Gasteiger partial charge in [0.25, 0.3) is 0 Å². The van der Waals surface area contributed by atoms with Crippen molar-refractivity contribution in [3.63, 3.8) is 0 Å². The first-order valence-corrected chi connectivity index (χ1v) is 8.49. The third kappa shape index (κ3) is 4.18. The maximum atomic E-state index is 12.9. The van der Waals surface area contributed by atoms with Gasteiger partial charge in [-0.05, 0) is 39.9 Å². The molecule has 0 aromatic carbocycles. The van der Waals surface area contributed by atoms with Crippen LogP contribution < -0.4 is 5.32 Å². The Labute approximate surface area is 129 Å². The standard InChI is InChI=1S/C16H32N4O/c1-4-6-16(7-5-8-17-16)15(21)20-13-11-19(12-14-20)10-9-18(2)3/h17H,4-14H2,1-3H3. The molecule has 21 heavy (non-hydrogen) atoms. The molecule has 1 amide bonds. The Kier molecular flexibility index (Phi) is 6.02. The van der Waals surface area contributed by atoms with Gasteiger partial charge in [0.05, 0.1) is 5.54 Å². The van der Waals surface area contributed by atoms with Gasteiger partial charge in [0, 0.05) is 39.3 Å². The molecule has 0 spiro atoms. The van der Waals surface area contributed by atoms with Gasteiger partial charge in [0.1, 0.15) is 0 Å². The van der Waals surface area contributed by atoms with Crippen LogP contribution in [0.25, 0.3) is 0 Å². The molecule has 2 aliphatic rings. The van der Waals surface area contributed by atoms with Gasteiger partial charge >= 0.3 is 0 Å². The van der Waals surface area contributed by atoms with Gasteiger partial charge in [-0.1, -0.05) is 13.3 Å². The summed E-state index contributed by atoms with van der Waals surface area (Å²) in [5, 5.41) is 3.51. The summed E-state index contributed by atoms with van der Waals surface area (Å²) < 4.78 is 0. The molecule has 0 saturated carbocycles. The molecule has 0 aromatic heterocycles. The Morgan fingerprint density at radius 3 is 2.48 bits per heavy atom. The van der Waals surface area contributed by atoms with Gasteiger partial charge in [0.2, 0.25) is 5.91 Å². The molecule has 1 N–H and O–H groups in total. The molecule has 122 valence electrons. The predicted octanol–water partition coefficient (Wildman–Crippen LogP) is 0.615. The van der Waals surface area contributed by atoms with E-state index < -0.39 is 0 Å². The van der Waals surface area contributed by atoms with E-state index in [2.05, 4.69) is 41.0 Å². The molecular weight excluding hydrogens is 264 g/mol. The van der Waals surface area contributed by atoms with Crippen molar-refractivity contribution in [1.82, 2.24) is 20.0 Å². The van der Waals surface area contributed by atoms with Crippen molar-refractivity contribution in [1.29, 1.82) is 0 Å². The molecule has 1 atom stereocenters. The topological polar surface area (TPSA) is 38.8 Å². The second-order valence-corrected chi connectivity index (χ2v) is 6.80. The molecule has 1 unspecified atom stereocenters. The van der Waals surface area contributed by atoms with Crippen LogP contribution in [0, 0.1) is 0 Å². The Balaban J connectivity index is 1.84. The van der Waals surface area contributed by atoms with Crippen LogP contribution >= 0.6 is 0 Å². The van der Waals surface area contributed by atoms with Crippen molar-refractivity contribution in [2.24, 2.45) is 0 Å². The van der Waals surface area contributed by atoms with E-state index in [1.807, 2.05) is 0 Å². The van der Waals surface area contributed by atoms with E-state index in [9.17, 15) is 4.79 Å². The van der Waals surface area contributed by atoms with Crippen molar-refractivity contribution in [2.75, 3.05) is 59.9 Å². The third-order valence-corrected chi connectivity index (χ3v) is 4.85. The van der Waals surface area contributed by atoms with E-state index in [-0.39, 0.29) is 5.54 Å². The van der Waals surface area contributed by atoms with Crippen LogP contribution in [-0.2, 0) is 4.79 Å². The smallest absolute Gasteiger partial charge is 0.242 e. The third-order valence-electron chi connectivity index (χ3n) is 4.85. The number of amides is 1. The fraction of sp³-hybridized carbons (Fsp3) is 0.938. The van der Waals surface area contributed by atoms with Crippen LogP contribution in [0.3, 0.4) is 0 Å². The van der Waals surface area contributed by atoms with E-state index in [0.717, 1.165) is 71.5 Å². The lowest BCUT2D eigenvalue weighted by atomic mass is 9.90. The summed E-state index contributed by atoms with van der Waals surface area (Å²) in [4.78, 5) is 19.7. The average molecular weight is 296 g/mol. The van der Waals surface area contributed by atoms with E-state index in [4.69, 9.17) is 0 Å². The predicted molar refractivity (Wildman–Crippen MR) is 86.4 cm³/mol. The van der Waals surface area contributed by atoms with Gasteiger partial charge in [0.15, 0.2) is 0 Å². The zero-order valence-electron chi connectivity index (χ0n) is 14.0. The summed E-state index contributed by atoms with van der Waals surface area (Å²) in [6.45, 7) is 9.17. The molecule has 2 aliphatic heterocycles. The van der Waals surface area contributed by atoms with Crippen LogP contribution in [0.5, 0.6) is 0 Å². The number of nitrogens with zero attached hydrogens (tertiary/aromatic N) is 3. The first-order chi connectivity index (χ1) is 10.1. The second-order valence-electron chi connectivity index (χ2n) is 6.80. The fourth-order valence-corrected chi connectivity index (χ4v) is 3.55. The van der Waals surface area contributed by atoms with Crippen molar-refractivity contribution in [3.05, 3.63) is 0 Å². The summed E-state index contributed by atoms with van der Waals surface area (Å²) in [6, 6.07) is 0. The first kappa shape index (κ1) is 16.7. The lowest BCUT2D eigenvalue weighted by Crippen LogP contribution is -2.59. The highest BCUT2D eigenvalue weighted by Gasteiger charge is 2.42. The Morgan fingerprint density at radius 2 is 1.95 bits per heavy atom. The molecule has 5 heteroatoms. The van der Waals surface area contributed by atoms with Crippen LogP contribution in [0.4, 0.5) is 0 Å². The van der Waals surface area contributed by atoms with E-state index >= 15 is 0 Å². The zero-order valence-corrected chi connectivity index (χ0v) is 14.0. The highest BCUT2D eigenvalue weighted by molar-refractivity contribution is 5.87. The first-order valence-electron chi connectivity index (χ1n) is 8.49. The van der Waals surface area contributed by atoms with Crippen molar-refractivity contribution in [3.8, 4) is 0 Å². The molecule has 2 rings (SSSR count). The number of likely N-dealkylation sites (N-methyl/N-ethyl adjacent to an activating group) is 1. The molecule has 0 radical (unpaired) electrons. The average Bonchev–Trinajstić information content (AvgIpc) is 2.95. The minimum atomic E-state index is -0.249. The molecule has 0 bridgehead atoms. The number of carbonyl (C=O) groups is 1. The van der Waals surface area contributed by atoms with E-state index in [1.165, 1.54) is 0 Å². The monoisotopic (exact) mass is 296 g/mol. The minimum absolute atomic E-state index is 0.249. The highest BCUT2D eigenvalue weighted by Crippen LogP contribution is 2.27. The van der Waals surface area contributed by atoms with Gasteiger partial charge in [-0.3, -0.25) is 9.69 Å². The maximum absolute atomic E-state index is 12.9. The summed E-state index contributed by atoms with van der Waals surface area (Å²) in [5.41, 5.74) is -0.249. The summed E-state index contributed by atoms with van der Waals surface area (Å²) in [5.74, 6) is 0.356. The maximum Gasteiger partial charge on any atom is 0.242 e. The molecule has 2 heterocycles. The second kappa shape index (κ2) is 7.56. The quantitative estimate of drug-likeness (QED) is 0.780. The Morgan fingerprint density at radius 1 is 1.24 bits per heavy atom. The van der Waals surface area contributed by atoms with Crippen LogP contribution in [-0.4, -0.2) is 86.1 Å². The summed E-state index contributed by atoms with van der Waals surface area (Å²) >= 11 is 0. The van der Waals surface area contributed by atoms with Crippen LogP contribution in [0.15, 0.2) is 0 Å². The molecule has 0 aliphatic carbocycles. The zero-order chi connectivity index (χ0) is 15.3. The number of carbonyl (C=O) groups excluding carboxylic acids is 1. The number of hydrogen-bond donors (Lipinski definition) is 1. The van der Waals surface area contributed by atoms with Crippen molar-refractivity contribution < 1.29 is 4.79 Å². The summed E-state index contributed by atoms with van der Waals surface area (Å²) in [6.07, 6.45) is 4.20. The van der Waals surface area contributed by atoms with E-state index in [1.54, 1.807) is 0 Å². The van der Waals surface area contributed by atoms with Crippen LogP contribution in [0.2, 0.25) is 0 Å². The number of hydrogen-bond acceptors (Lipinski definition) is 4. The molecule has 0 aromatic rings. The van der Waals surface area contributed by atoms with Gasteiger partial charge in [-0.15, -0.1) is 0 Å². The number of nitrogens with one attached hydrogen (secondary N) is 1. The molecule has 5 nitrogen and oxygen atoms in total. The van der Waals surface area contributed by atoms with E-state index in [0.29, 0.717) is 5.91 Å².